The molecular formula is C59H39NS. The van der Waals surface area contributed by atoms with E-state index in [1.807, 2.05) is 11.8 Å². The van der Waals surface area contributed by atoms with Crippen LogP contribution >= 0.6 is 11.8 Å². The van der Waals surface area contributed by atoms with Crippen molar-refractivity contribution in [3.8, 4) is 44.5 Å². The quantitative estimate of drug-likeness (QED) is 0.165. The van der Waals surface area contributed by atoms with Crippen LogP contribution < -0.4 is 4.90 Å². The van der Waals surface area contributed by atoms with Gasteiger partial charge in [0.1, 0.15) is 0 Å². The molecule has 0 saturated heterocycles. The maximum atomic E-state index is 2.55. The van der Waals surface area contributed by atoms with Gasteiger partial charge in [0.2, 0.25) is 0 Å². The van der Waals surface area contributed by atoms with Crippen molar-refractivity contribution < 1.29 is 0 Å². The highest BCUT2D eigenvalue weighted by atomic mass is 32.2. The highest BCUT2D eigenvalue weighted by Gasteiger charge is 2.52. The lowest BCUT2D eigenvalue weighted by molar-refractivity contribution is 0.730. The first-order valence-electron chi connectivity index (χ1n) is 21.0. The number of rotatable bonds is 6. The zero-order chi connectivity index (χ0) is 40.3. The molecule has 1 atom stereocenters. The molecular weight excluding hydrogens is 755 g/mol. The summed E-state index contributed by atoms with van der Waals surface area (Å²) in [5, 5.41) is 2.54. The first-order valence-corrected chi connectivity index (χ1v) is 21.8. The summed E-state index contributed by atoms with van der Waals surface area (Å²) in [5.74, 6) is 0. The minimum Gasteiger partial charge on any atom is -0.310 e. The van der Waals surface area contributed by atoms with Gasteiger partial charge in [0.15, 0.2) is 0 Å². The van der Waals surface area contributed by atoms with Gasteiger partial charge in [-0.15, -0.1) is 0 Å². The molecule has 0 saturated carbocycles. The summed E-state index contributed by atoms with van der Waals surface area (Å²) in [5.41, 5.74) is 17.7. The molecule has 2 heteroatoms. The summed E-state index contributed by atoms with van der Waals surface area (Å²) < 4.78 is 0. The average Bonchev–Trinajstić information content (AvgIpc) is 3.63. The second kappa shape index (κ2) is 14.4. The molecule has 1 aliphatic carbocycles. The Hall–Kier alpha value is -7.39. The largest absolute Gasteiger partial charge is 0.310 e. The third-order valence-electron chi connectivity index (χ3n) is 12.7. The maximum Gasteiger partial charge on any atom is 0.0762 e. The van der Waals surface area contributed by atoms with Crippen molar-refractivity contribution in [2.45, 2.75) is 15.2 Å². The van der Waals surface area contributed by atoms with Gasteiger partial charge < -0.3 is 4.90 Å². The van der Waals surface area contributed by atoms with Gasteiger partial charge in [0.25, 0.3) is 0 Å². The molecule has 10 aromatic carbocycles. The number of benzene rings is 10. The number of hydrogen-bond acceptors (Lipinski definition) is 2. The van der Waals surface area contributed by atoms with Crippen molar-refractivity contribution in [2.24, 2.45) is 0 Å². The number of hydrogen-bond donors (Lipinski definition) is 0. The predicted octanol–water partition coefficient (Wildman–Crippen LogP) is 16.1. The van der Waals surface area contributed by atoms with Gasteiger partial charge in [-0.25, -0.2) is 0 Å². The summed E-state index contributed by atoms with van der Waals surface area (Å²) in [6.07, 6.45) is 0. The lowest BCUT2D eigenvalue weighted by atomic mass is 9.65. The van der Waals surface area contributed by atoms with Gasteiger partial charge in [-0.3, -0.25) is 0 Å². The van der Waals surface area contributed by atoms with Crippen LogP contribution in [0.1, 0.15) is 22.3 Å². The van der Waals surface area contributed by atoms with E-state index in [9.17, 15) is 0 Å². The van der Waals surface area contributed by atoms with E-state index in [0.717, 1.165) is 17.1 Å². The van der Waals surface area contributed by atoms with Gasteiger partial charge in [-0.2, -0.15) is 0 Å². The molecule has 12 rings (SSSR count). The van der Waals surface area contributed by atoms with Crippen LogP contribution in [-0.4, -0.2) is 0 Å². The van der Waals surface area contributed by atoms with Crippen molar-refractivity contribution in [3.63, 3.8) is 0 Å². The van der Waals surface area contributed by atoms with Crippen molar-refractivity contribution in [2.75, 3.05) is 4.90 Å². The van der Waals surface area contributed by atoms with Crippen LogP contribution in [0.4, 0.5) is 17.1 Å². The minimum atomic E-state index is -0.611. The van der Waals surface area contributed by atoms with Crippen LogP contribution in [0.2, 0.25) is 0 Å². The van der Waals surface area contributed by atoms with Crippen LogP contribution in [0.3, 0.4) is 0 Å². The molecule has 1 spiro atoms. The molecule has 1 nitrogen and oxygen atoms in total. The smallest absolute Gasteiger partial charge is 0.0762 e. The second-order valence-corrected chi connectivity index (χ2v) is 17.0. The van der Waals surface area contributed by atoms with Gasteiger partial charge in [0.05, 0.1) is 16.8 Å². The SMILES string of the molecule is c1ccc(-c2ccc(N(c3ccc(-c4ccccc4)cc3-c3ccccc3)c3cccc4c3C3(c5ccccc5Sc5ccc6ccccc6c53)c3ccccc3-4)cc2)cc1. The zero-order valence-electron chi connectivity index (χ0n) is 33.4. The molecule has 0 N–H and O–H groups in total. The average molecular weight is 794 g/mol. The van der Waals surface area contributed by atoms with Crippen LogP contribution in [0, 0.1) is 0 Å². The predicted molar refractivity (Wildman–Crippen MR) is 256 cm³/mol. The fraction of sp³-hybridized carbons (Fsp3) is 0.0169. The Bertz CT molecular complexity index is 3270. The molecule has 1 unspecified atom stereocenters. The van der Waals surface area contributed by atoms with Crippen molar-refractivity contribution in [1.29, 1.82) is 0 Å². The Balaban J connectivity index is 1.21. The maximum absolute atomic E-state index is 2.55. The standard InChI is InChI=1S/C59H39NS/c1-4-17-40(18-5-1)42-31-35-46(36-32-42)60(53-37-33-45(41-19-6-2-7-20-41)39-50(53)43-21-8-3-9-22-43)54-29-16-26-49-48-25-12-13-27-51(48)59(57(49)54)52-28-14-15-30-55(52)61-56-38-34-44-23-10-11-24-47(44)58(56)59/h1-39H. The molecule has 286 valence electrons. The molecule has 10 aromatic rings. The fourth-order valence-corrected chi connectivity index (χ4v) is 11.4. The van der Waals surface area contributed by atoms with E-state index in [1.54, 1.807) is 0 Å². The summed E-state index contributed by atoms with van der Waals surface area (Å²) in [6, 6.07) is 87.5. The molecule has 1 heterocycles. The van der Waals surface area contributed by atoms with Gasteiger partial charge in [-0.1, -0.05) is 206 Å². The van der Waals surface area contributed by atoms with Gasteiger partial charge >= 0.3 is 0 Å². The summed E-state index contributed by atoms with van der Waals surface area (Å²) in [7, 11) is 0. The highest BCUT2D eigenvalue weighted by molar-refractivity contribution is 7.99. The molecule has 1 aliphatic heterocycles. The Morgan fingerprint density at radius 3 is 1.69 bits per heavy atom. The zero-order valence-corrected chi connectivity index (χ0v) is 34.2. The number of nitrogens with zero attached hydrogens (tertiary/aromatic N) is 1. The van der Waals surface area contributed by atoms with Crippen LogP contribution in [-0.2, 0) is 5.41 Å². The van der Waals surface area contributed by atoms with Crippen LogP contribution in [0.25, 0.3) is 55.3 Å². The van der Waals surface area contributed by atoms with Crippen molar-refractivity contribution in [3.05, 3.63) is 259 Å². The Labute approximate surface area is 361 Å². The topological polar surface area (TPSA) is 3.24 Å². The summed E-state index contributed by atoms with van der Waals surface area (Å²) in [4.78, 5) is 5.14. The lowest BCUT2D eigenvalue weighted by Crippen LogP contribution is -2.33. The molecule has 0 aromatic heterocycles. The molecule has 0 bridgehead atoms. The van der Waals surface area contributed by atoms with E-state index in [0.29, 0.717) is 0 Å². The van der Waals surface area contributed by atoms with E-state index in [1.165, 1.54) is 87.3 Å². The summed E-state index contributed by atoms with van der Waals surface area (Å²) in [6.45, 7) is 0. The first-order chi connectivity index (χ1) is 30.3. The number of fused-ring (bicyclic) bond motifs is 11. The Morgan fingerprint density at radius 1 is 0.328 bits per heavy atom. The van der Waals surface area contributed by atoms with Crippen LogP contribution in [0.15, 0.2) is 246 Å². The summed E-state index contributed by atoms with van der Waals surface area (Å²) >= 11 is 1.90. The number of anilines is 3. The van der Waals surface area contributed by atoms with Gasteiger partial charge in [0, 0.05) is 26.6 Å². The van der Waals surface area contributed by atoms with E-state index in [2.05, 4.69) is 241 Å². The van der Waals surface area contributed by atoms with Gasteiger partial charge in [-0.05, 0) is 109 Å². The van der Waals surface area contributed by atoms with Crippen LogP contribution in [0.5, 0.6) is 0 Å². The fourth-order valence-electron chi connectivity index (χ4n) is 10.1. The molecule has 0 radical (unpaired) electrons. The highest BCUT2D eigenvalue weighted by Crippen LogP contribution is 2.66. The molecule has 2 aliphatic rings. The van der Waals surface area contributed by atoms with E-state index in [4.69, 9.17) is 0 Å². The third-order valence-corrected chi connectivity index (χ3v) is 13.9. The first kappa shape index (κ1) is 35.5. The van der Waals surface area contributed by atoms with E-state index in [-0.39, 0.29) is 0 Å². The Kier molecular flexibility index (Phi) is 8.40. The molecule has 61 heavy (non-hydrogen) atoms. The Morgan fingerprint density at radius 2 is 0.918 bits per heavy atom. The molecule has 0 fully saturated rings. The minimum absolute atomic E-state index is 0.611. The normalized spacial score (nSPS) is 14.6. The second-order valence-electron chi connectivity index (χ2n) is 16.0. The molecule has 0 amide bonds. The third kappa shape index (κ3) is 5.57. The lowest BCUT2D eigenvalue weighted by Gasteiger charge is -2.42. The van der Waals surface area contributed by atoms with Crippen molar-refractivity contribution >= 4 is 39.6 Å². The monoisotopic (exact) mass is 793 g/mol. The van der Waals surface area contributed by atoms with E-state index >= 15 is 0 Å². The van der Waals surface area contributed by atoms with E-state index < -0.39 is 5.41 Å². The van der Waals surface area contributed by atoms with Crippen molar-refractivity contribution in [1.82, 2.24) is 0 Å².